The van der Waals surface area contributed by atoms with Gasteiger partial charge in [-0.3, -0.25) is 19.0 Å². The molecule has 0 fully saturated rings. The molecule has 0 radical (unpaired) electrons. The average molecular weight is 451 g/mol. The van der Waals surface area contributed by atoms with Crippen molar-refractivity contribution in [2.24, 2.45) is 5.41 Å². The maximum Gasteiger partial charge on any atom is 0.268 e. The maximum absolute atomic E-state index is 13.5. The van der Waals surface area contributed by atoms with Crippen molar-refractivity contribution < 1.29 is 14.3 Å². The quantitative estimate of drug-likeness (QED) is 0.612. The van der Waals surface area contributed by atoms with Gasteiger partial charge in [0.05, 0.1) is 7.11 Å². The second kappa shape index (κ2) is 8.28. The molecule has 0 bridgehead atoms. The Morgan fingerprint density at radius 2 is 1.69 bits per heavy atom. The van der Waals surface area contributed by atoms with Gasteiger partial charge in [-0.25, -0.2) is 0 Å². The van der Waals surface area contributed by atoms with E-state index in [0.29, 0.717) is 46.1 Å². The van der Waals surface area contributed by atoms with Crippen LogP contribution in [0.4, 0.5) is 5.69 Å². The molecule has 0 atom stereocenters. The number of amides is 1. The van der Waals surface area contributed by atoms with Crippen LogP contribution in [0.1, 0.15) is 46.5 Å². The third kappa shape index (κ3) is 4.18. The lowest BCUT2D eigenvalue weighted by molar-refractivity contribution is 0.0910. The van der Waals surface area contributed by atoms with E-state index in [2.05, 4.69) is 5.32 Å². The number of halogens is 1. The first-order valence-electron chi connectivity index (χ1n) is 10.2. The van der Waals surface area contributed by atoms with Crippen LogP contribution in [0, 0.1) is 5.41 Å². The maximum atomic E-state index is 13.5. The molecule has 4 rings (SSSR count). The van der Waals surface area contributed by atoms with Gasteiger partial charge < -0.3 is 10.1 Å². The molecule has 1 amide bonds. The highest BCUT2D eigenvalue weighted by Gasteiger charge is 2.36. The van der Waals surface area contributed by atoms with E-state index in [1.807, 2.05) is 13.8 Å². The Bertz CT molecular complexity index is 1260. The summed E-state index contributed by atoms with van der Waals surface area (Å²) in [5, 5.41) is 3.31. The molecule has 0 saturated carbocycles. The number of nitrogens with zero attached hydrogens (tertiary/aromatic N) is 1. The number of rotatable bonds is 4. The summed E-state index contributed by atoms with van der Waals surface area (Å²) in [4.78, 5) is 39.8. The van der Waals surface area contributed by atoms with Crippen molar-refractivity contribution in [2.75, 3.05) is 12.4 Å². The van der Waals surface area contributed by atoms with Crippen LogP contribution >= 0.6 is 11.6 Å². The van der Waals surface area contributed by atoms with Crippen LogP contribution in [0.5, 0.6) is 5.75 Å². The monoisotopic (exact) mass is 450 g/mol. The lowest BCUT2D eigenvalue weighted by atomic mass is 9.73. The van der Waals surface area contributed by atoms with Crippen molar-refractivity contribution in [2.45, 2.75) is 26.7 Å². The van der Waals surface area contributed by atoms with Gasteiger partial charge in [0.2, 0.25) is 0 Å². The largest absolute Gasteiger partial charge is 0.497 e. The molecule has 1 N–H and O–H groups in total. The molecule has 7 heteroatoms. The number of ketones is 1. The molecule has 1 aliphatic carbocycles. The predicted molar refractivity (Wildman–Crippen MR) is 124 cm³/mol. The number of pyridine rings is 1. The molecular formula is C25H23ClN2O4. The molecule has 0 aliphatic heterocycles. The smallest absolute Gasteiger partial charge is 0.268 e. The van der Waals surface area contributed by atoms with Crippen molar-refractivity contribution >= 4 is 29.0 Å². The van der Waals surface area contributed by atoms with Crippen LogP contribution in [0.15, 0.2) is 59.5 Å². The number of carbonyl (C=O) groups excluding carboxylic acids is 2. The van der Waals surface area contributed by atoms with E-state index in [4.69, 9.17) is 16.3 Å². The first-order chi connectivity index (χ1) is 15.2. The van der Waals surface area contributed by atoms with E-state index in [9.17, 15) is 14.4 Å². The van der Waals surface area contributed by atoms with Crippen molar-refractivity contribution in [3.05, 3.63) is 86.8 Å². The van der Waals surface area contributed by atoms with E-state index in [1.54, 1.807) is 61.8 Å². The van der Waals surface area contributed by atoms with Crippen LogP contribution < -0.4 is 15.6 Å². The molecule has 0 spiro atoms. The zero-order valence-electron chi connectivity index (χ0n) is 18.1. The van der Waals surface area contributed by atoms with Gasteiger partial charge in [-0.05, 0) is 65.9 Å². The lowest BCUT2D eigenvalue weighted by Gasteiger charge is -2.31. The number of carbonyl (C=O) groups is 2. The van der Waals surface area contributed by atoms with Crippen LogP contribution in [0.2, 0.25) is 5.02 Å². The summed E-state index contributed by atoms with van der Waals surface area (Å²) in [6.45, 7) is 3.92. The Morgan fingerprint density at radius 1 is 1.03 bits per heavy atom. The van der Waals surface area contributed by atoms with Gasteiger partial charge in [0.25, 0.3) is 11.5 Å². The summed E-state index contributed by atoms with van der Waals surface area (Å²) in [7, 11) is 1.56. The minimum absolute atomic E-state index is 0.0191. The fourth-order valence-corrected chi connectivity index (χ4v) is 4.17. The average Bonchev–Trinajstić information content (AvgIpc) is 2.74. The molecule has 164 valence electrons. The minimum atomic E-state index is -0.551. The highest BCUT2D eigenvalue weighted by atomic mass is 35.5. The third-order valence-electron chi connectivity index (χ3n) is 5.59. The summed E-state index contributed by atoms with van der Waals surface area (Å²) >= 11 is 5.99. The van der Waals surface area contributed by atoms with E-state index in [1.165, 1.54) is 4.57 Å². The van der Waals surface area contributed by atoms with Gasteiger partial charge in [0.1, 0.15) is 11.3 Å². The zero-order valence-corrected chi connectivity index (χ0v) is 18.8. The van der Waals surface area contributed by atoms with Gasteiger partial charge in [0, 0.05) is 34.6 Å². The number of ether oxygens (including phenoxy) is 1. The number of aromatic nitrogens is 1. The number of fused-ring (bicyclic) bond motifs is 1. The highest BCUT2D eigenvalue weighted by molar-refractivity contribution is 6.30. The van der Waals surface area contributed by atoms with Gasteiger partial charge in [-0.1, -0.05) is 25.4 Å². The van der Waals surface area contributed by atoms with E-state index < -0.39 is 11.5 Å². The van der Waals surface area contributed by atoms with Crippen molar-refractivity contribution in [3.63, 3.8) is 0 Å². The van der Waals surface area contributed by atoms with Gasteiger partial charge in [0.15, 0.2) is 5.78 Å². The Morgan fingerprint density at radius 3 is 2.31 bits per heavy atom. The van der Waals surface area contributed by atoms with Gasteiger partial charge in [-0.15, -0.1) is 0 Å². The number of benzene rings is 2. The second-order valence-electron chi connectivity index (χ2n) is 8.67. The summed E-state index contributed by atoms with van der Waals surface area (Å²) in [5.41, 5.74) is 1.09. The van der Waals surface area contributed by atoms with Crippen LogP contribution in [-0.2, 0) is 6.42 Å². The Hall–Kier alpha value is -3.38. The summed E-state index contributed by atoms with van der Waals surface area (Å²) in [6, 6.07) is 13.5. The molecule has 0 unspecified atom stereocenters. The number of methoxy groups -OCH3 is 1. The zero-order chi connectivity index (χ0) is 23.0. The van der Waals surface area contributed by atoms with Crippen molar-refractivity contribution in [1.29, 1.82) is 0 Å². The predicted octanol–water partition coefficient (Wildman–Crippen LogP) is 4.91. The fourth-order valence-electron chi connectivity index (χ4n) is 4.04. The summed E-state index contributed by atoms with van der Waals surface area (Å²) in [6.07, 6.45) is 2.34. The van der Waals surface area contributed by atoms with E-state index in [0.717, 1.165) is 0 Å². The van der Waals surface area contributed by atoms with E-state index in [-0.39, 0.29) is 16.8 Å². The molecule has 0 saturated heterocycles. The SMILES string of the molecule is COc1ccc(NC(=O)c2c3c(cn(-c4ccc(Cl)cc4)c2=O)C(=O)CC(C)(C)C3)cc1. The van der Waals surface area contributed by atoms with Crippen molar-refractivity contribution in [1.82, 2.24) is 4.57 Å². The van der Waals surface area contributed by atoms with E-state index >= 15 is 0 Å². The minimum Gasteiger partial charge on any atom is -0.497 e. The lowest BCUT2D eigenvalue weighted by Crippen LogP contribution is -2.37. The number of hydrogen-bond acceptors (Lipinski definition) is 4. The Labute approximate surface area is 190 Å². The molecule has 2 aromatic carbocycles. The molecule has 32 heavy (non-hydrogen) atoms. The Balaban J connectivity index is 1.86. The highest BCUT2D eigenvalue weighted by Crippen LogP contribution is 2.36. The third-order valence-corrected chi connectivity index (χ3v) is 5.84. The van der Waals surface area contributed by atoms with Crippen LogP contribution in [-0.4, -0.2) is 23.4 Å². The number of Topliss-reactive ketones (excluding diaryl/α,β-unsaturated/α-hetero) is 1. The normalized spacial score (nSPS) is 14.6. The topological polar surface area (TPSA) is 77.4 Å². The summed E-state index contributed by atoms with van der Waals surface area (Å²) in [5.74, 6) is 0.0141. The molecule has 1 heterocycles. The van der Waals surface area contributed by atoms with Crippen LogP contribution in [0.25, 0.3) is 5.69 Å². The first-order valence-corrected chi connectivity index (χ1v) is 10.6. The molecule has 3 aromatic rings. The molecule has 1 aliphatic rings. The number of anilines is 1. The van der Waals surface area contributed by atoms with Gasteiger partial charge in [-0.2, -0.15) is 0 Å². The second-order valence-corrected chi connectivity index (χ2v) is 9.11. The van der Waals surface area contributed by atoms with Crippen LogP contribution in [0.3, 0.4) is 0 Å². The number of hydrogen-bond donors (Lipinski definition) is 1. The van der Waals surface area contributed by atoms with Gasteiger partial charge >= 0.3 is 0 Å². The fraction of sp³-hybridized carbons (Fsp3) is 0.240. The van der Waals surface area contributed by atoms with Crippen molar-refractivity contribution in [3.8, 4) is 11.4 Å². The standard InChI is InChI=1S/C25H23ClN2O4/c1-25(2)12-19-20(21(29)13-25)14-28(17-8-4-15(26)5-9-17)24(31)22(19)23(30)27-16-6-10-18(32-3)11-7-16/h4-11,14H,12-13H2,1-3H3,(H,27,30). The first kappa shape index (κ1) is 21.8. The molecule has 6 nitrogen and oxygen atoms in total. The molecular weight excluding hydrogens is 428 g/mol. The summed E-state index contributed by atoms with van der Waals surface area (Å²) < 4.78 is 6.49. The number of nitrogens with one attached hydrogen (secondary N) is 1. The molecule has 1 aromatic heterocycles. The Kier molecular flexibility index (Phi) is 5.65.